The summed E-state index contributed by atoms with van der Waals surface area (Å²) in [5.74, 6) is -0.283. The molecule has 0 radical (unpaired) electrons. The van der Waals surface area contributed by atoms with Gasteiger partial charge >= 0.3 is 0 Å². The molecule has 0 atom stereocenters. The molecule has 1 aliphatic carbocycles. The van der Waals surface area contributed by atoms with E-state index in [1.165, 1.54) is 30.4 Å². The van der Waals surface area contributed by atoms with Crippen molar-refractivity contribution in [1.82, 2.24) is 0 Å². The predicted octanol–water partition coefficient (Wildman–Crippen LogP) is 11.1. The van der Waals surface area contributed by atoms with Crippen molar-refractivity contribution < 1.29 is 9.59 Å². The van der Waals surface area contributed by atoms with E-state index in [9.17, 15) is 9.59 Å². The van der Waals surface area contributed by atoms with Crippen molar-refractivity contribution in [2.75, 3.05) is 10.6 Å². The molecule has 4 heteroatoms. The number of carbonyl (C=O) groups is 2. The molecule has 10 rings (SSSR count). The molecule has 3 aliphatic heterocycles. The van der Waals surface area contributed by atoms with Gasteiger partial charge in [0.15, 0.2) is 0 Å². The standard InChI is InChI=1S/C44H42N2O2/c1-24-12-10-14-33-35-22-30-23-36(34-15-11-13-25(2)38(34)39(30)37(24)33)43(48)46-41-28(5)20-32(21-29(41)6)44(16-8-7-9-17-44)31-18-26(3)40(27(4)19-31)45-42(35)47/h10-15,18-23H,7-9,16-17H2,1-6H3,(H,45,47)(H,46,48). The number of anilines is 2. The molecule has 6 aromatic carbocycles. The van der Waals surface area contributed by atoms with Gasteiger partial charge in [-0.3, -0.25) is 9.59 Å². The van der Waals surface area contributed by atoms with Crippen LogP contribution >= 0.6 is 0 Å². The number of hydrogen-bond acceptors (Lipinski definition) is 2. The maximum absolute atomic E-state index is 14.4. The first kappa shape index (κ1) is 30.4. The lowest BCUT2D eigenvalue weighted by molar-refractivity contribution is 0.102. The smallest absolute Gasteiger partial charge is 0.256 e. The molecule has 2 amide bonds. The van der Waals surface area contributed by atoms with Gasteiger partial charge in [-0.25, -0.2) is 0 Å². The van der Waals surface area contributed by atoms with Crippen molar-refractivity contribution in [3.05, 3.63) is 128 Å². The van der Waals surface area contributed by atoms with E-state index in [0.29, 0.717) is 11.1 Å². The molecular formula is C44H42N2O2. The molecule has 7 bridgehead atoms. The third-order valence-corrected chi connectivity index (χ3v) is 11.4. The lowest BCUT2D eigenvalue weighted by atomic mass is 9.64. The van der Waals surface area contributed by atoms with Gasteiger partial charge in [0.25, 0.3) is 11.8 Å². The minimum atomic E-state index is -0.142. The zero-order chi connectivity index (χ0) is 33.5. The molecule has 240 valence electrons. The van der Waals surface area contributed by atoms with Crippen molar-refractivity contribution in [2.24, 2.45) is 0 Å². The van der Waals surface area contributed by atoms with Crippen LogP contribution in [0.1, 0.15) is 97.3 Å². The van der Waals surface area contributed by atoms with E-state index in [4.69, 9.17) is 0 Å². The third kappa shape index (κ3) is 4.49. The van der Waals surface area contributed by atoms with Crippen LogP contribution in [-0.2, 0) is 5.41 Å². The van der Waals surface area contributed by atoms with Gasteiger partial charge in [0.1, 0.15) is 0 Å². The van der Waals surface area contributed by atoms with E-state index in [2.05, 4.69) is 101 Å². The Bertz CT molecular complexity index is 2170. The topological polar surface area (TPSA) is 58.2 Å². The molecule has 2 N–H and O–H groups in total. The quantitative estimate of drug-likeness (QED) is 0.164. The second-order valence-electron chi connectivity index (χ2n) is 14.5. The number of rotatable bonds is 0. The highest BCUT2D eigenvalue weighted by molar-refractivity contribution is 6.30. The molecule has 0 unspecified atom stereocenters. The number of carbonyl (C=O) groups excluding carboxylic acids is 2. The molecule has 1 spiro atoms. The lowest BCUT2D eigenvalue weighted by Crippen LogP contribution is -2.31. The summed E-state index contributed by atoms with van der Waals surface area (Å²) in [6.45, 7) is 12.7. The Morgan fingerprint density at radius 3 is 1.33 bits per heavy atom. The van der Waals surface area contributed by atoms with E-state index < -0.39 is 0 Å². The second-order valence-corrected chi connectivity index (χ2v) is 14.5. The SMILES string of the molecule is Cc1cc2cc(C)c1NC(=O)c1cc3cc(c4cccc(C)c4c3c3c(C)cccc13)C(=O)Nc1c(C)cc(cc1C)C21CCCCC1. The van der Waals surface area contributed by atoms with Crippen LogP contribution in [0.2, 0.25) is 0 Å². The van der Waals surface area contributed by atoms with E-state index >= 15 is 0 Å². The van der Waals surface area contributed by atoms with Crippen molar-refractivity contribution >= 4 is 55.5 Å². The summed E-state index contributed by atoms with van der Waals surface area (Å²) in [5, 5.41) is 12.6. The molecular weight excluding hydrogens is 588 g/mol. The Morgan fingerprint density at radius 2 is 0.917 bits per heavy atom. The Kier molecular flexibility index (Phi) is 6.99. The van der Waals surface area contributed by atoms with Crippen LogP contribution < -0.4 is 10.6 Å². The first-order chi connectivity index (χ1) is 23.1. The summed E-state index contributed by atoms with van der Waals surface area (Å²) in [4.78, 5) is 28.8. The number of aryl methyl sites for hydroxylation is 6. The van der Waals surface area contributed by atoms with E-state index in [1.54, 1.807) is 0 Å². The van der Waals surface area contributed by atoms with Gasteiger partial charge in [0.2, 0.25) is 0 Å². The number of fused-ring (bicyclic) bond motifs is 6. The van der Waals surface area contributed by atoms with Gasteiger partial charge in [0, 0.05) is 27.9 Å². The fourth-order valence-electron chi connectivity index (χ4n) is 9.03. The van der Waals surface area contributed by atoms with Gasteiger partial charge in [-0.05, 0) is 143 Å². The molecule has 1 fully saturated rings. The molecule has 3 heterocycles. The van der Waals surface area contributed by atoms with Gasteiger partial charge in [0.05, 0.1) is 0 Å². The highest BCUT2D eigenvalue weighted by Crippen LogP contribution is 2.48. The first-order valence-corrected chi connectivity index (χ1v) is 17.3. The van der Waals surface area contributed by atoms with Crippen LogP contribution in [0.25, 0.3) is 32.3 Å². The zero-order valence-corrected chi connectivity index (χ0v) is 28.8. The summed E-state index contributed by atoms with van der Waals surface area (Å²) in [6, 6.07) is 25.6. The lowest BCUT2D eigenvalue weighted by Gasteiger charge is -2.40. The molecule has 48 heavy (non-hydrogen) atoms. The zero-order valence-electron chi connectivity index (χ0n) is 28.8. The second kappa shape index (κ2) is 11.1. The number of hydrogen-bond donors (Lipinski definition) is 2. The first-order valence-electron chi connectivity index (χ1n) is 17.3. The molecule has 6 aromatic rings. The Morgan fingerprint density at radius 1 is 0.500 bits per heavy atom. The summed E-state index contributed by atoms with van der Waals surface area (Å²) in [5.41, 5.74) is 11.9. The fourth-order valence-corrected chi connectivity index (χ4v) is 9.03. The minimum Gasteiger partial charge on any atom is -0.321 e. The molecule has 0 saturated heterocycles. The minimum absolute atomic E-state index is 0.124. The fraction of sp³-hybridized carbons (Fsp3) is 0.273. The highest BCUT2D eigenvalue weighted by Gasteiger charge is 2.37. The molecule has 4 nitrogen and oxygen atoms in total. The summed E-state index contributed by atoms with van der Waals surface area (Å²) in [7, 11) is 0. The van der Waals surface area contributed by atoms with Crippen molar-refractivity contribution in [1.29, 1.82) is 0 Å². The van der Waals surface area contributed by atoms with E-state index in [0.717, 1.165) is 89.9 Å². The van der Waals surface area contributed by atoms with Crippen molar-refractivity contribution in [3.63, 3.8) is 0 Å². The number of benzene rings is 6. The highest BCUT2D eigenvalue weighted by atomic mass is 16.2. The summed E-state index contributed by atoms with van der Waals surface area (Å²) >= 11 is 0. The maximum Gasteiger partial charge on any atom is 0.256 e. The average Bonchev–Trinajstić information content (AvgIpc) is 3.06. The van der Waals surface area contributed by atoms with Gasteiger partial charge in [-0.15, -0.1) is 0 Å². The molecule has 0 aromatic heterocycles. The van der Waals surface area contributed by atoms with Gasteiger partial charge in [-0.1, -0.05) is 79.9 Å². The Hall–Kier alpha value is -4.96. The van der Waals surface area contributed by atoms with Crippen LogP contribution in [0.5, 0.6) is 0 Å². The maximum atomic E-state index is 14.4. The number of amides is 2. The van der Waals surface area contributed by atoms with Crippen LogP contribution in [0.15, 0.2) is 72.8 Å². The molecule has 1 saturated carbocycles. The Labute approximate surface area is 282 Å². The van der Waals surface area contributed by atoms with Crippen LogP contribution in [0, 0.1) is 41.5 Å². The summed E-state index contributed by atoms with van der Waals surface area (Å²) < 4.78 is 0. The normalized spacial score (nSPS) is 15.9. The van der Waals surface area contributed by atoms with Gasteiger partial charge in [-0.2, -0.15) is 0 Å². The van der Waals surface area contributed by atoms with Crippen LogP contribution in [0.4, 0.5) is 11.4 Å². The summed E-state index contributed by atoms with van der Waals surface area (Å²) in [6.07, 6.45) is 5.73. The van der Waals surface area contributed by atoms with Gasteiger partial charge < -0.3 is 10.6 Å². The van der Waals surface area contributed by atoms with E-state index in [1.807, 2.05) is 24.3 Å². The van der Waals surface area contributed by atoms with Crippen LogP contribution in [0.3, 0.4) is 0 Å². The molecule has 4 aliphatic rings. The van der Waals surface area contributed by atoms with Crippen molar-refractivity contribution in [2.45, 2.75) is 79.1 Å². The predicted molar refractivity (Wildman–Crippen MR) is 200 cm³/mol. The average molecular weight is 631 g/mol. The Balaban J connectivity index is 1.48. The van der Waals surface area contributed by atoms with E-state index in [-0.39, 0.29) is 17.2 Å². The van der Waals surface area contributed by atoms with Crippen LogP contribution in [-0.4, -0.2) is 11.8 Å². The third-order valence-electron chi connectivity index (χ3n) is 11.4. The largest absolute Gasteiger partial charge is 0.321 e. The monoisotopic (exact) mass is 630 g/mol. The van der Waals surface area contributed by atoms with Crippen molar-refractivity contribution in [3.8, 4) is 0 Å². The number of nitrogens with one attached hydrogen (secondary N) is 2.